The van der Waals surface area contributed by atoms with Gasteiger partial charge in [-0.2, -0.15) is 0 Å². The Balaban J connectivity index is 1.74. The molecule has 0 radical (unpaired) electrons. The maximum absolute atomic E-state index is 12.7. The predicted molar refractivity (Wildman–Crippen MR) is 77.1 cm³/mol. The van der Waals surface area contributed by atoms with Crippen LogP contribution in [0.15, 0.2) is 12.4 Å². The molecule has 1 aliphatic carbocycles. The minimum absolute atomic E-state index is 0.0239. The van der Waals surface area contributed by atoms with E-state index >= 15 is 0 Å². The van der Waals surface area contributed by atoms with E-state index in [0.717, 1.165) is 25.7 Å². The van der Waals surface area contributed by atoms with Crippen LogP contribution in [-0.2, 0) is 9.53 Å². The molecule has 2 heterocycles. The molecule has 1 aromatic rings. The van der Waals surface area contributed by atoms with E-state index in [1.807, 2.05) is 0 Å². The standard InChI is InChI=1S/C14H21N5O2/c15-12-11(17-5-6-18-12)10-9-19(7-8-21-10)13(20)14(16)3-1-2-4-14/h5-6,10H,1-4,7-9,16H2,(H2,15,18). The quantitative estimate of drug-likeness (QED) is 0.807. The first-order chi connectivity index (χ1) is 10.1. The van der Waals surface area contributed by atoms with E-state index in [0.29, 0.717) is 31.2 Å². The Labute approximate surface area is 123 Å². The molecular formula is C14H21N5O2. The van der Waals surface area contributed by atoms with Gasteiger partial charge in [0.1, 0.15) is 17.6 Å². The molecule has 1 amide bonds. The van der Waals surface area contributed by atoms with Crippen molar-refractivity contribution in [2.24, 2.45) is 5.73 Å². The second-order valence-corrected chi connectivity index (χ2v) is 5.80. The van der Waals surface area contributed by atoms with E-state index in [9.17, 15) is 4.79 Å². The van der Waals surface area contributed by atoms with Crippen molar-refractivity contribution in [1.82, 2.24) is 14.9 Å². The van der Waals surface area contributed by atoms with Gasteiger partial charge in [0.2, 0.25) is 5.91 Å². The van der Waals surface area contributed by atoms with Gasteiger partial charge in [-0.1, -0.05) is 12.8 Å². The second kappa shape index (κ2) is 5.57. The Morgan fingerprint density at radius 3 is 2.76 bits per heavy atom. The van der Waals surface area contributed by atoms with Gasteiger partial charge in [0.05, 0.1) is 18.7 Å². The molecule has 3 rings (SSSR count). The van der Waals surface area contributed by atoms with E-state index in [1.165, 1.54) is 6.20 Å². The normalized spacial score (nSPS) is 25.0. The molecule has 7 heteroatoms. The van der Waals surface area contributed by atoms with Gasteiger partial charge in [-0.05, 0) is 12.8 Å². The average molecular weight is 291 g/mol. The summed E-state index contributed by atoms with van der Waals surface area (Å²) >= 11 is 0. The lowest BCUT2D eigenvalue weighted by Crippen LogP contribution is -2.56. The van der Waals surface area contributed by atoms with Gasteiger partial charge in [-0.25, -0.2) is 4.98 Å². The van der Waals surface area contributed by atoms with Crippen LogP contribution in [0.25, 0.3) is 0 Å². The number of nitrogens with two attached hydrogens (primary N) is 2. The van der Waals surface area contributed by atoms with Gasteiger partial charge < -0.3 is 21.1 Å². The summed E-state index contributed by atoms with van der Waals surface area (Å²) in [7, 11) is 0. The summed E-state index contributed by atoms with van der Waals surface area (Å²) in [6.07, 6.45) is 6.36. The summed E-state index contributed by atoms with van der Waals surface area (Å²) in [5.74, 6) is 0.371. The van der Waals surface area contributed by atoms with Crippen LogP contribution < -0.4 is 11.5 Å². The zero-order chi connectivity index (χ0) is 14.9. The molecule has 0 aromatic carbocycles. The van der Waals surface area contributed by atoms with Crippen LogP contribution >= 0.6 is 0 Å². The number of hydrogen-bond acceptors (Lipinski definition) is 6. The van der Waals surface area contributed by atoms with Crippen molar-refractivity contribution in [3.05, 3.63) is 18.1 Å². The number of morpholine rings is 1. The molecule has 2 fully saturated rings. The van der Waals surface area contributed by atoms with Crippen LogP contribution in [0.2, 0.25) is 0 Å². The van der Waals surface area contributed by atoms with Gasteiger partial charge >= 0.3 is 0 Å². The molecule has 1 saturated heterocycles. The topological polar surface area (TPSA) is 107 Å². The number of anilines is 1. The highest BCUT2D eigenvalue weighted by Crippen LogP contribution is 2.31. The second-order valence-electron chi connectivity index (χ2n) is 5.80. The first-order valence-corrected chi connectivity index (χ1v) is 7.36. The van der Waals surface area contributed by atoms with E-state index in [-0.39, 0.29) is 12.0 Å². The fourth-order valence-electron chi connectivity index (χ4n) is 3.14. The molecule has 1 saturated carbocycles. The van der Waals surface area contributed by atoms with Gasteiger partial charge in [0, 0.05) is 18.9 Å². The molecule has 114 valence electrons. The molecule has 2 aliphatic rings. The third-order valence-corrected chi connectivity index (χ3v) is 4.34. The Morgan fingerprint density at radius 1 is 1.33 bits per heavy atom. The first-order valence-electron chi connectivity index (χ1n) is 7.36. The number of carbonyl (C=O) groups is 1. The smallest absolute Gasteiger partial charge is 0.242 e. The highest BCUT2D eigenvalue weighted by molar-refractivity contribution is 5.86. The number of amides is 1. The summed E-state index contributed by atoms with van der Waals surface area (Å²) in [5.41, 5.74) is 12.0. The zero-order valence-corrected chi connectivity index (χ0v) is 12.0. The lowest BCUT2D eigenvalue weighted by molar-refractivity contribution is -0.144. The van der Waals surface area contributed by atoms with Crippen LogP contribution in [-0.4, -0.2) is 46.0 Å². The average Bonchev–Trinajstić information content (AvgIpc) is 2.95. The minimum atomic E-state index is -0.699. The zero-order valence-electron chi connectivity index (χ0n) is 12.0. The number of nitrogen functional groups attached to an aromatic ring is 1. The summed E-state index contributed by atoms with van der Waals surface area (Å²) in [6, 6.07) is 0. The Bertz CT molecular complexity index is 530. The lowest BCUT2D eigenvalue weighted by Gasteiger charge is -2.37. The summed E-state index contributed by atoms with van der Waals surface area (Å²) in [6.45, 7) is 1.46. The monoisotopic (exact) mass is 291 g/mol. The third-order valence-electron chi connectivity index (χ3n) is 4.34. The van der Waals surface area contributed by atoms with Gasteiger partial charge in [0.25, 0.3) is 0 Å². The number of aromatic nitrogens is 2. The molecule has 1 unspecified atom stereocenters. The minimum Gasteiger partial charge on any atom is -0.382 e. The molecule has 0 bridgehead atoms. The van der Waals surface area contributed by atoms with E-state index in [2.05, 4.69) is 9.97 Å². The number of rotatable bonds is 2. The fraction of sp³-hybridized carbons (Fsp3) is 0.643. The van der Waals surface area contributed by atoms with Crippen molar-refractivity contribution in [3.8, 4) is 0 Å². The van der Waals surface area contributed by atoms with E-state index in [1.54, 1.807) is 11.1 Å². The highest BCUT2D eigenvalue weighted by atomic mass is 16.5. The Morgan fingerprint density at radius 2 is 2.05 bits per heavy atom. The van der Waals surface area contributed by atoms with Crippen molar-refractivity contribution in [1.29, 1.82) is 0 Å². The van der Waals surface area contributed by atoms with Crippen molar-refractivity contribution >= 4 is 11.7 Å². The molecule has 4 N–H and O–H groups in total. The van der Waals surface area contributed by atoms with Crippen molar-refractivity contribution in [3.63, 3.8) is 0 Å². The molecule has 1 aliphatic heterocycles. The van der Waals surface area contributed by atoms with Gasteiger partial charge in [0.15, 0.2) is 0 Å². The third kappa shape index (κ3) is 2.71. The van der Waals surface area contributed by atoms with Crippen LogP contribution in [0.5, 0.6) is 0 Å². The number of nitrogens with zero attached hydrogens (tertiary/aromatic N) is 3. The van der Waals surface area contributed by atoms with Gasteiger partial charge in [-0.3, -0.25) is 9.78 Å². The maximum Gasteiger partial charge on any atom is 0.242 e. The first kappa shape index (κ1) is 14.2. The molecule has 7 nitrogen and oxygen atoms in total. The molecule has 1 aromatic heterocycles. The predicted octanol–water partition coefficient (Wildman–Crippen LogP) is 0.230. The maximum atomic E-state index is 12.7. The fourth-order valence-corrected chi connectivity index (χ4v) is 3.14. The van der Waals surface area contributed by atoms with E-state index in [4.69, 9.17) is 16.2 Å². The van der Waals surface area contributed by atoms with Crippen LogP contribution in [0.4, 0.5) is 5.82 Å². The van der Waals surface area contributed by atoms with Crippen LogP contribution in [0.3, 0.4) is 0 Å². The molecule has 1 atom stereocenters. The van der Waals surface area contributed by atoms with E-state index < -0.39 is 5.54 Å². The number of ether oxygens (including phenoxy) is 1. The summed E-state index contributed by atoms with van der Waals surface area (Å²) < 4.78 is 5.70. The Hall–Kier alpha value is -1.73. The summed E-state index contributed by atoms with van der Waals surface area (Å²) in [4.78, 5) is 22.7. The molecule has 0 spiro atoms. The summed E-state index contributed by atoms with van der Waals surface area (Å²) in [5, 5.41) is 0. The molecular weight excluding hydrogens is 270 g/mol. The van der Waals surface area contributed by atoms with Crippen LogP contribution in [0.1, 0.15) is 37.5 Å². The highest BCUT2D eigenvalue weighted by Gasteiger charge is 2.41. The lowest BCUT2D eigenvalue weighted by atomic mass is 9.96. The van der Waals surface area contributed by atoms with Crippen molar-refractivity contribution < 1.29 is 9.53 Å². The van der Waals surface area contributed by atoms with Crippen molar-refractivity contribution in [2.45, 2.75) is 37.3 Å². The number of carbonyl (C=O) groups excluding carboxylic acids is 1. The Kier molecular flexibility index (Phi) is 3.77. The SMILES string of the molecule is Nc1nccnc1C1CN(C(=O)C2(N)CCCC2)CCO1. The van der Waals surface area contributed by atoms with Crippen LogP contribution in [0, 0.1) is 0 Å². The number of hydrogen-bond donors (Lipinski definition) is 2. The largest absolute Gasteiger partial charge is 0.382 e. The van der Waals surface area contributed by atoms with Gasteiger partial charge in [-0.15, -0.1) is 0 Å². The molecule has 21 heavy (non-hydrogen) atoms. The van der Waals surface area contributed by atoms with Crippen molar-refractivity contribution in [2.75, 3.05) is 25.4 Å².